The molecule has 1 fully saturated rings. The van der Waals surface area contributed by atoms with E-state index >= 15 is 0 Å². The highest BCUT2D eigenvalue weighted by molar-refractivity contribution is 7.89. The maximum absolute atomic E-state index is 12.4. The molecule has 3 N–H and O–H groups in total. The van der Waals surface area contributed by atoms with Gasteiger partial charge >= 0.3 is 0 Å². The summed E-state index contributed by atoms with van der Waals surface area (Å²) in [4.78, 5) is 24.6. The van der Waals surface area contributed by atoms with Gasteiger partial charge in [0.25, 0.3) is 0 Å². The molecule has 11 nitrogen and oxygen atoms in total. The molecule has 39 heavy (non-hydrogen) atoms. The fourth-order valence-corrected chi connectivity index (χ4v) is 5.34. The lowest BCUT2D eigenvalue weighted by atomic mass is 10.2. The maximum Gasteiger partial charge on any atom is 0.242 e. The SMILES string of the molecule is CCOc1cc(N2CCC(N(C)C(C)=O)C2)ccc1Nc1ncc(Cl)c(Nc2ccccc2S(=O)(=O)NC)n1. The number of likely N-dealkylation sites (N-methyl/N-ethyl adjacent to an activating group) is 1. The molecule has 4 rings (SSSR count). The Labute approximate surface area is 233 Å². The molecule has 13 heteroatoms. The van der Waals surface area contributed by atoms with Crippen molar-refractivity contribution in [3.63, 3.8) is 0 Å². The van der Waals surface area contributed by atoms with Gasteiger partial charge in [0.1, 0.15) is 15.7 Å². The number of halogens is 1. The summed E-state index contributed by atoms with van der Waals surface area (Å²) in [7, 11) is -0.528. The van der Waals surface area contributed by atoms with Crippen molar-refractivity contribution in [3.05, 3.63) is 53.7 Å². The van der Waals surface area contributed by atoms with Crippen molar-refractivity contribution in [2.45, 2.75) is 31.2 Å². The van der Waals surface area contributed by atoms with E-state index in [9.17, 15) is 13.2 Å². The lowest BCUT2D eigenvalue weighted by Gasteiger charge is -2.25. The van der Waals surface area contributed by atoms with E-state index in [-0.39, 0.29) is 33.6 Å². The van der Waals surface area contributed by atoms with Gasteiger partial charge in [0.05, 0.1) is 30.2 Å². The van der Waals surface area contributed by atoms with Gasteiger partial charge in [0.2, 0.25) is 21.9 Å². The first-order chi connectivity index (χ1) is 18.6. The van der Waals surface area contributed by atoms with Crippen LogP contribution in [-0.2, 0) is 14.8 Å². The molecule has 1 aliphatic heterocycles. The molecule has 0 radical (unpaired) electrons. The number of ether oxygens (including phenoxy) is 1. The lowest BCUT2D eigenvalue weighted by molar-refractivity contribution is -0.129. The number of amides is 1. The van der Waals surface area contributed by atoms with Gasteiger partial charge < -0.3 is 25.2 Å². The number of hydrogen-bond acceptors (Lipinski definition) is 9. The molecule has 2 heterocycles. The van der Waals surface area contributed by atoms with E-state index in [1.807, 2.05) is 32.2 Å². The van der Waals surface area contributed by atoms with Crippen LogP contribution < -0.4 is 25.0 Å². The second-order valence-electron chi connectivity index (χ2n) is 8.98. The quantitative estimate of drug-likeness (QED) is 0.330. The van der Waals surface area contributed by atoms with E-state index in [0.717, 1.165) is 25.2 Å². The molecule has 1 unspecified atom stereocenters. The highest BCUT2D eigenvalue weighted by atomic mass is 35.5. The minimum Gasteiger partial charge on any atom is -0.492 e. The number of rotatable bonds is 10. The van der Waals surface area contributed by atoms with Crippen LogP contribution in [0.4, 0.5) is 28.8 Å². The summed E-state index contributed by atoms with van der Waals surface area (Å²) in [6.45, 7) is 5.52. The van der Waals surface area contributed by atoms with Gasteiger partial charge in [-0.1, -0.05) is 23.7 Å². The summed E-state index contributed by atoms with van der Waals surface area (Å²) in [6, 6.07) is 12.4. The molecule has 1 aromatic heterocycles. The summed E-state index contributed by atoms with van der Waals surface area (Å²) in [5.74, 6) is 1.16. The average Bonchev–Trinajstić information content (AvgIpc) is 3.41. The second-order valence-corrected chi connectivity index (χ2v) is 11.2. The monoisotopic (exact) mass is 573 g/mol. The van der Waals surface area contributed by atoms with Crippen LogP contribution in [0.1, 0.15) is 20.3 Å². The number of anilines is 5. The number of nitrogens with one attached hydrogen (secondary N) is 3. The first-order valence-electron chi connectivity index (χ1n) is 12.5. The zero-order valence-corrected chi connectivity index (χ0v) is 23.8. The second kappa shape index (κ2) is 12.1. The van der Waals surface area contributed by atoms with E-state index in [0.29, 0.717) is 23.7 Å². The van der Waals surface area contributed by atoms with E-state index in [4.69, 9.17) is 16.3 Å². The van der Waals surface area contributed by atoms with E-state index in [1.165, 1.54) is 19.3 Å². The van der Waals surface area contributed by atoms with Crippen molar-refractivity contribution in [2.75, 3.05) is 49.3 Å². The van der Waals surface area contributed by atoms with Gasteiger partial charge in [0.15, 0.2) is 5.82 Å². The molecular formula is C26H32ClN7O4S. The van der Waals surface area contributed by atoms with Crippen molar-refractivity contribution >= 4 is 56.4 Å². The Bertz CT molecular complexity index is 1450. The molecule has 1 saturated heterocycles. The van der Waals surface area contributed by atoms with Gasteiger partial charge in [-0.25, -0.2) is 18.1 Å². The van der Waals surface area contributed by atoms with Crippen LogP contribution in [0.2, 0.25) is 5.02 Å². The minimum atomic E-state index is -3.71. The largest absolute Gasteiger partial charge is 0.492 e. The number of sulfonamides is 1. The van der Waals surface area contributed by atoms with Gasteiger partial charge in [-0.05, 0) is 44.7 Å². The van der Waals surface area contributed by atoms with Crippen LogP contribution in [0.15, 0.2) is 53.6 Å². The third-order valence-corrected chi connectivity index (χ3v) is 8.28. The Morgan fingerprint density at radius 3 is 2.69 bits per heavy atom. The first kappa shape index (κ1) is 28.4. The Morgan fingerprint density at radius 2 is 1.97 bits per heavy atom. The van der Waals surface area contributed by atoms with Crippen molar-refractivity contribution in [1.82, 2.24) is 19.6 Å². The number of hydrogen-bond donors (Lipinski definition) is 3. The molecule has 2 aromatic carbocycles. The van der Waals surface area contributed by atoms with Crippen molar-refractivity contribution in [2.24, 2.45) is 0 Å². The van der Waals surface area contributed by atoms with Gasteiger partial charge in [0, 0.05) is 38.8 Å². The molecule has 0 aliphatic carbocycles. The smallest absolute Gasteiger partial charge is 0.242 e. The van der Waals surface area contributed by atoms with Crippen molar-refractivity contribution in [1.29, 1.82) is 0 Å². The van der Waals surface area contributed by atoms with Crippen LogP contribution in [0.3, 0.4) is 0 Å². The van der Waals surface area contributed by atoms with Crippen LogP contribution in [-0.4, -0.2) is 69.0 Å². The molecule has 0 saturated carbocycles. The summed E-state index contributed by atoms with van der Waals surface area (Å²) in [5, 5.41) is 6.40. The maximum atomic E-state index is 12.4. The highest BCUT2D eigenvalue weighted by Gasteiger charge is 2.27. The molecular weight excluding hydrogens is 542 g/mol. The van der Waals surface area contributed by atoms with E-state index < -0.39 is 10.0 Å². The lowest BCUT2D eigenvalue weighted by Crippen LogP contribution is -2.37. The highest BCUT2D eigenvalue weighted by Crippen LogP contribution is 2.34. The van der Waals surface area contributed by atoms with Crippen molar-refractivity contribution in [3.8, 4) is 5.75 Å². The Kier molecular flexibility index (Phi) is 8.78. The zero-order chi connectivity index (χ0) is 28.2. The molecule has 208 valence electrons. The molecule has 1 atom stereocenters. The first-order valence-corrected chi connectivity index (χ1v) is 14.3. The van der Waals surface area contributed by atoms with Crippen LogP contribution in [0.25, 0.3) is 0 Å². The Hall–Kier alpha value is -3.61. The molecule has 1 aliphatic rings. The number of benzene rings is 2. The number of para-hydroxylation sites is 1. The predicted molar refractivity (Wildman–Crippen MR) is 153 cm³/mol. The van der Waals surface area contributed by atoms with Crippen LogP contribution in [0, 0.1) is 0 Å². The fourth-order valence-electron chi connectivity index (χ4n) is 4.31. The molecule has 0 spiro atoms. The van der Waals surface area contributed by atoms with E-state index in [1.54, 1.807) is 30.0 Å². The normalized spacial score (nSPS) is 15.2. The summed E-state index contributed by atoms with van der Waals surface area (Å²) < 4.78 is 33.1. The summed E-state index contributed by atoms with van der Waals surface area (Å²) >= 11 is 6.34. The molecule has 0 bridgehead atoms. The van der Waals surface area contributed by atoms with Crippen LogP contribution in [0.5, 0.6) is 5.75 Å². The van der Waals surface area contributed by atoms with Gasteiger partial charge in [-0.15, -0.1) is 0 Å². The Morgan fingerprint density at radius 1 is 1.21 bits per heavy atom. The summed E-state index contributed by atoms with van der Waals surface area (Å²) in [6.07, 6.45) is 2.33. The molecule has 1 amide bonds. The van der Waals surface area contributed by atoms with Gasteiger partial charge in [-0.3, -0.25) is 4.79 Å². The molecule has 3 aromatic rings. The number of carbonyl (C=O) groups excluding carboxylic acids is 1. The third-order valence-electron chi connectivity index (χ3n) is 6.53. The number of aromatic nitrogens is 2. The third kappa shape index (κ3) is 6.52. The summed E-state index contributed by atoms with van der Waals surface area (Å²) in [5.41, 5.74) is 1.96. The zero-order valence-electron chi connectivity index (χ0n) is 22.2. The number of nitrogens with zero attached hydrogens (tertiary/aromatic N) is 4. The standard InChI is InChI=1S/C26H32ClN7O4S/c1-5-38-23-14-18(34-13-12-19(16-34)33(4)17(2)35)10-11-21(23)31-26-29-15-20(27)25(32-26)30-22-8-6-7-9-24(22)39(36,37)28-3/h6-11,14-15,19,28H,5,12-13,16H2,1-4H3,(H2,29,30,31,32). The average molecular weight is 574 g/mol. The van der Waals surface area contributed by atoms with E-state index in [2.05, 4.69) is 30.2 Å². The number of carbonyl (C=O) groups is 1. The predicted octanol–water partition coefficient (Wildman–Crippen LogP) is 3.98. The minimum absolute atomic E-state index is 0.0559. The van der Waals surface area contributed by atoms with Gasteiger partial charge in [-0.2, -0.15) is 4.98 Å². The topological polar surface area (TPSA) is 129 Å². The van der Waals surface area contributed by atoms with Crippen molar-refractivity contribution < 1.29 is 17.9 Å². The fraction of sp³-hybridized carbons (Fsp3) is 0.346. The Balaban J connectivity index is 1.57. The van der Waals surface area contributed by atoms with Crippen LogP contribution >= 0.6 is 11.6 Å².